The molecule has 0 amide bonds. The Kier molecular flexibility index (Phi) is 4.08. The van der Waals surface area contributed by atoms with Crippen LogP contribution in [0.2, 0.25) is 0 Å². The van der Waals surface area contributed by atoms with Gasteiger partial charge in [0.1, 0.15) is 4.99 Å². The van der Waals surface area contributed by atoms with Crippen molar-refractivity contribution in [3.63, 3.8) is 0 Å². The SMILES string of the molecule is CC(C)N1CCN(c2nnccc2C(N)=S)CC1. The summed E-state index contributed by atoms with van der Waals surface area (Å²) in [5, 5.41) is 8.12. The average molecular weight is 265 g/mol. The number of hydrogen-bond acceptors (Lipinski definition) is 5. The summed E-state index contributed by atoms with van der Waals surface area (Å²) in [6, 6.07) is 2.42. The number of nitrogens with zero attached hydrogens (tertiary/aromatic N) is 4. The molecule has 0 atom stereocenters. The van der Waals surface area contributed by atoms with Crippen LogP contribution in [0.25, 0.3) is 0 Å². The molecule has 0 radical (unpaired) electrons. The van der Waals surface area contributed by atoms with Crippen LogP contribution in [0.15, 0.2) is 12.3 Å². The lowest BCUT2D eigenvalue weighted by Crippen LogP contribution is -2.49. The standard InChI is InChI=1S/C12H19N5S/c1-9(2)16-5-7-17(8-6-16)12-10(11(13)18)3-4-14-15-12/h3-4,9H,5-8H2,1-2H3,(H2,13,18). The highest BCUT2D eigenvalue weighted by atomic mass is 32.1. The maximum atomic E-state index is 5.72. The van der Waals surface area contributed by atoms with E-state index in [2.05, 4.69) is 33.8 Å². The predicted octanol–water partition coefficient (Wildman–Crippen LogP) is 0.641. The molecule has 2 N–H and O–H groups in total. The van der Waals surface area contributed by atoms with Gasteiger partial charge in [0, 0.05) is 32.2 Å². The summed E-state index contributed by atoms with van der Waals surface area (Å²) in [4.78, 5) is 5.04. The zero-order valence-electron chi connectivity index (χ0n) is 10.8. The highest BCUT2D eigenvalue weighted by Crippen LogP contribution is 2.18. The van der Waals surface area contributed by atoms with E-state index in [1.165, 1.54) is 0 Å². The first-order valence-electron chi connectivity index (χ1n) is 6.20. The molecule has 2 heterocycles. The molecule has 0 unspecified atom stereocenters. The van der Waals surface area contributed by atoms with E-state index in [-0.39, 0.29) is 0 Å². The molecule has 1 saturated heterocycles. The van der Waals surface area contributed by atoms with E-state index in [9.17, 15) is 0 Å². The Morgan fingerprint density at radius 3 is 2.56 bits per heavy atom. The zero-order valence-corrected chi connectivity index (χ0v) is 11.7. The van der Waals surface area contributed by atoms with Gasteiger partial charge in [0.15, 0.2) is 5.82 Å². The van der Waals surface area contributed by atoms with Crippen molar-refractivity contribution in [2.75, 3.05) is 31.1 Å². The molecule has 1 aromatic heterocycles. The van der Waals surface area contributed by atoms with Crippen molar-refractivity contribution in [3.8, 4) is 0 Å². The monoisotopic (exact) mass is 265 g/mol. The smallest absolute Gasteiger partial charge is 0.161 e. The number of aromatic nitrogens is 2. The van der Waals surface area contributed by atoms with Crippen LogP contribution in [-0.4, -0.2) is 52.3 Å². The van der Waals surface area contributed by atoms with E-state index in [1.807, 2.05) is 6.07 Å². The molecule has 1 fully saturated rings. The third kappa shape index (κ3) is 2.76. The van der Waals surface area contributed by atoms with Gasteiger partial charge in [-0.1, -0.05) is 12.2 Å². The van der Waals surface area contributed by atoms with Crippen molar-refractivity contribution in [1.82, 2.24) is 15.1 Å². The third-order valence-electron chi connectivity index (χ3n) is 3.31. The van der Waals surface area contributed by atoms with Gasteiger partial charge in [0.2, 0.25) is 0 Å². The van der Waals surface area contributed by atoms with Crippen molar-refractivity contribution >= 4 is 23.0 Å². The second kappa shape index (κ2) is 5.58. The van der Waals surface area contributed by atoms with Gasteiger partial charge in [-0.05, 0) is 19.9 Å². The normalized spacial score (nSPS) is 17.2. The van der Waals surface area contributed by atoms with Gasteiger partial charge >= 0.3 is 0 Å². The first-order chi connectivity index (χ1) is 8.59. The molecule has 1 aliphatic rings. The van der Waals surface area contributed by atoms with Crippen molar-refractivity contribution in [3.05, 3.63) is 17.8 Å². The first-order valence-corrected chi connectivity index (χ1v) is 6.61. The van der Waals surface area contributed by atoms with E-state index < -0.39 is 0 Å². The van der Waals surface area contributed by atoms with E-state index in [0.717, 1.165) is 37.6 Å². The summed E-state index contributed by atoms with van der Waals surface area (Å²) >= 11 is 5.06. The highest BCUT2D eigenvalue weighted by Gasteiger charge is 2.22. The maximum Gasteiger partial charge on any atom is 0.161 e. The second-order valence-corrected chi connectivity index (χ2v) is 5.19. The van der Waals surface area contributed by atoms with E-state index in [0.29, 0.717) is 11.0 Å². The molecular formula is C12H19N5S. The predicted molar refractivity (Wildman–Crippen MR) is 76.8 cm³/mol. The molecule has 0 aliphatic carbocycles. The van der Waals surface area contributed by atoms with Gasteiger partial charge < -0.3 is 10.6 Å². The molecule has 18 heavy (non-hydrogen) atoms. The fraction of sp³-hybridized carbons (Fsp3) is 0.583. The summed E-state index contributed by atoms with van der Waals surface area (Å²) in [7, 11) is 0. The molecule has 1 aliphatic heterocycles. The molecule has 0 saturated carbocycles. The quantitative estimate of drug-likeness (QED) is 0.810. The minimum Gasteiger partial charge on any atom is -0.389 e. The number of nitrogens with two attached hydrogens (primary N) is 1. The molecule has 5 nitrogen and oxygen atoms in total. The summed E-state index contributed by atoms with van der Waals surface area (Å²) in [5.74, 6) is 0.813. The van der Waals surface area contributed by atoms with E-state index in [1.54, 1.807) is 6.20 Å². The minimum atomic E-state index is 0.381. The number of thiocarbonyl (C=S) groups is 1. The molecule has 0 spiro atoms. The molecule has 0 aromatic carbocycles. The highest BCUT2D eigenvalue weighted by molar-refractivity contribution is 7.80. The zero-order chi connectivity index (χ0) is 13.1. The topological polar surface area (TPSA) is 58.3 Å². The molecule has 2 rings (SSSR count). The molecule has 1 aromatic rings. The van der Waals surface area contributed by atoms with Crippen LogP contribution in [0.1, 0.15) is 19.4 Å². The van der Waals surface area contributed by atoms with Crippen molar-refractivity contribution in [2.24, 2.45) is 5.73 Å². The number of piperazine rings is 1. The Hall–Kier alpha value is -1.27. The maximum absolute atomic E-state index is 5.72. The Labute approximate surface area is 113 Å². The van der Waals surface area contributed by atoms with E-state index >= 15 is 0 Å². The van der Waals surface area contributed by atoms with Gasteiger partial charge in [-0.3, -0.25) is 4.90 Å². The number of rotatable bonds is 3. The van der Waals surface area contributed by atoms with Gasteiger partial charge in [-0.25, -0.2) is 0 Å². The fourth-order valence-electron chi connectivity index (χ4n) is 2.20. The van der Waals surface area contributed by atoms with Gasteiger partial charge in [0.25, 0.3) is 0 Å². The molecular weight excluding hydrogens is 246 g/mol. The molecule has 98 valence electrons. The molecule has 6 heteroatoms. The Balaban J connectivity index is 2.12. The van der Waals surface area contributed by atoms with Crippen LogP contribution in [0.4, 0.5) is 5.82 Å². The first kappa shape index (κ1) is 13.2. The van der Waals surface area contributed by atoms with Crippen molar-refractivity contribution in [2.45, 2.75) is 19.9 Å². The Morgan fingerprint density at radius 2 is 2.00 bits per heavy atom. The largest absolute Gasteiger partial charge is 0.389 e. The lowest BCUT2D eigenvalue weighted by Gasteiger charge is -2.37. The number of anilines is 1. The van der Waals surface area contributed by atoms with Gasteiger partial charge in [-0.15, -0.1) is 5.10 Å². The minimum absolute atomic E-state index is 0.381. The Bertz CT molecular complexity index is 426. The van der Waals surface area contributed by atoms with Crippen LogP contribution in [0, 0.1) is 0 Å². The number of hydrogen-bond donors (Lipinski definition) is 1. The van der Waals surface area contributed by atoms with Gasteiger partial charge in [0.05, 0.1) is 11.8 Å². The summed E-state index contributed by atoms with van der Waals surface area (Å²) in [6.45, 7) is 8.38. The third-order valence-corrected chi connectivity index (χ3v) is 3.53. The van der Waals surface area contributed by atoms with Crippen LogP contribution >= 0.6 is 12.2 Å². The molecule has 0 bridgehead atoms. The van der Waals surface area contributed by atoms with Gasteiger partial charge in [-0.2, -0.15) is 5.10 Å². The van der Waals surface area contributed by atoms with E-state index in [4.69, 9.17) is 18.0 Å². The summed E-state index contributed by atoms with van der Waals surface area (Å²) in [5.41, 5.74) is 6.54. The second-order valence-electron chi connectivity index (χ2n) is 4.75. The summed E-state index contributed by atoms with van der Waals surface area (Å²) < 4.78 is 0. The lowest BCUT2D eigenvalue weighted by molar-refractivity contribution is 0.209. The van der Waals surface area contributed by atoms with Crippen molar-refractivity contribution in [1.29, 1.82) is 0 Å². The van der Waals surface area contributed by atoms with Crippen LogP contribution in [0.5, 0.6) is 0 Å². The van der Waals surface area contributed by atoms with Crippen LogP contribution in [-0.2, 0) is 0 Å². The summed E-state index contributed by atoms with van der Waals surface area (Å²) in [6.07, 6.45) is 1.63. The average Bonchev–Trinajstić information content (AvgIpc) is 2.39. The lowest BCUT2D eigenvalue weighted by atomic mass is 10.2. The van der Waals surface area contributed by atoms with Crippen molar-refractivity contribution < 1.29 is 0 Å². The van der Waals surface area contributed by atoms with Crippen LogP contribution < -0.4 is 10.6 Å². The van der Waals surface area contributed by atoms with Crippen LogP contribution in [0.3, 0.4) is 0 Å². The fourth-order valence-corrected chi connectivity index (χ4v) is 2.36. The Morgan fingerprint density at radius 1 is 1.33 bits per heavy atom.